The second-order valence-corrected chi connectivity index (χ2v) is 9.17. The van der Waals surface area contributed by atoms with E-state index in [9.17, 15) is 13.2 Å². The van der Waals surface area contributed by atoms with E-state index in [2.05, 4.69) is 0 Å². The molecule has 1 aliphatic rings. The van der Waals surface area contributed by atoms with E-state index < -0.39 is 16.1 Å². The SMILES string of the molecule is CC[C@H](Oc1cccc(OC)c1)C(=O)N1CCN(S(=O)(=O)c2ccc(C)cc2)CC1. The molecular weight excluding hydrogens is 404 g/mol. The van der Waals surface area contributed by atoms with Crippen LogP contribution in [0.3, 0.4) is 0 Å². The lowest BCUT2D eigenvalue weighted by Crippen LogP contribution is -2.53. The predicted molar refractivity (Wildman–Crippen MR) is 114 cm³/mol. The average molecular weight is 433 g/mol. The first-order chi connectivity index (χ1) is 14.3. The van der Waals surface area contributed by atoms with Crippen molar-refractivity contribution in [3.8, 4) is 11.5 Å². The van der Waals surface area contributed by atoms with Gasteiger partial charge in [0.25, 0.3) is 5.91 Å². The molecule has 1 aliphatic heterocycles. The highest BCUT2D eigenvalue weighted by Gasteiger charge is 2.32. The highest BCUT2D eigenvalue weighted by Crippen LogP contribution is 2.22. The Bertz CT molecular complexity index is 967. The number of hydrogen-bond acceptors (Lipinski definition) is 5. The zero-order valence-corrected chi connectivity index (χ0v) is 18.4. The summed E-state index contributed by atoms with van der Waals surface area (Å²) in [7, 11) is -1.98. The van der Waals surface area contributed by atoms with Crippen LogP contribution in [-0.2, 0) is 14.8 Å². The van der Waals surface area contributed by atoms with Crippen molar-refractivity contribution in [2.75, 3.05) is 33.3 Å². The summed E-state index contributed by atoms with van der Waals surface area (Å²) in [6, 6.07) is 14.0. The third-order valence-electron chi connectivity index (χ3n) is 5.17. The molecule has 0 unspecified atom stereocenters. The van der Waals surface area contributed by atoms with Gasteiger partial charge in [-0.15, -0.1) is 0 Å². The summed E-state index contributed by atoms with van der Waals surface area (Å²) in [5, 5.41) is 0. The Morgan fingerprint density at radius 3 is 2.27 bits per heavy atom. The first kappa shape index (κ1) is 22.1. The van der Waals surface area contributed by atoms with Crippen LogP contribution >= 0.6 is 0 Å². The van der Waals surface area contributed by atoms with Crippen LogP contribution in [0.25, 0.3) is 0 Å². The molecule has 1 amide bonds. The number of benzene rings is 2. The van der Waals surface area contributed by atoms with Gasteiger partial charge in [-0.2, -0.15) is 4.31 Å². The summed E-state index contributed by atoms with van der Waals surface area (Å²) in [6.07, 6.45) is -0.116. The van der Waals surface area contributed by atoms with Crippen LogP contribution in [0.1, 0.15) is 18.9 Å². The molecule has 2 aromatic rings. The molecule has 1 saturated heterocycles. The lowest BCUT2D eigenvalue weighted by molar-refractivity contribution is -0.140. The van der Waals surface area contributed by atoms with Crippen LogP contribution in [0.5, 0.6) is 11.5 Å². The Labute approximate surface area is 178 Å². The molecule has 0 aromatic heterocycles. The van der Waals surface area contributed by atoms with E-state index in [4.69, 9.17) is 9.47 Å². The number of ether oxygens (including phenoxy) is 2. The van der Waals surface area contributed by atoms with Crippen LogP contribution in [0, 0.1) is 6.92 Å². The lowest BCUT2D eigenvalue weighted by Gasteiger charge is -2.35. The van der Waals surface area contributed by atoms with Crippen molar-refractivity contribution < 1.29 is 22.7 Å². The van der Waals surface area contributed by atoms with Gasteiger partial charge in [0, 0.05) is 32.2 Å². The number of sulfonamides is 1. The van der Waals surface area contributed by atoms with Gasteiger partial charge in [0.2, 0.25) is 10.0 Å². The Kier molecular flexibility index (Phi) is 6.99. The second kappa shape index (κ2) is 9.49. The van der Waals surface area contributed by atoms with Gasteiger partial charge in [0.15, 0.2) is 6.10 Å². The smallest absolute Gasteiger partial charge is 0.263 e. The van der Waals surface area contributed by atoms with Gasteiger partial charge in [-0.3, -0.25) is 4.79 Å². The van der Waals surface area contributed by atoms with Crippen LogP contribution in [0.15, 0.2) is 53.4 Å². The highest BCUT2D eigenvalue weighted by atomic mass is 32.2. The van der Waals surface area contributed by atoms with Gasteiger partial charge in [0.05, 0.1) is 12.0 Å². The summed E-state index contributed by atoms with van der Waals surface area (Å²) < 4.78 is 38.2. The zero-order valence-electron chi connectivity index (χ0n) is 17.6. The van der Waals surface area contributed by atoms with Crippen LogP contribution in [-0.4, -0.2) is 62.9 Å². The maximum Gasteiger partial charge on any atom is 0.263 e. The van der Waals surface area contributed by atoms with Gasteiger partial charge in [-0.1, -0.05) is 30.7 Å². The van der Waals surface area contributed by atoms with Gasteiger partial charge < -0.3 is 14.4 Å². The van der Waals surface area contributed by atoms with E-state index >= 15 is 0 Å². The quantitative estimate of drug-likeness (QED) is 0.672. The number of hydrogen-bond donors (Lipinski definition) is 0. The van der Waals surface area contributed by atoms with Crippen LogP contribution < -0.4 is 9.47 Å². The van der Waals surface area contributed by atoms with Crippen molar-refractivity contribution >= 4 is 15.9 Å². The number of carbonyl (C=O) groups excluding carboxylic acids is 1. The molecule has 0 aliphatic carbocycles. The predicted octanol–water partition coefficient (Wildman–Crippen LogP) is 2.69. The zero-order chi connectivity index (χ0) is 21.7. The highest BCUT2D eigenvalue weighted by molar-refractivity contribution is 7.89. The maximum absolute atomic E-state index is 13.0. The van der Waals surface area contributed by atoms with Crippen molar-refractivity contribution in [3.63, 3.8) is 0 Å². The third kappa shape index (κ3) is 4.94. The Morgan fingerprint density at radius 1 is 1.03 bits per heavy atom. The Morgan fingerprint density at radius 2 is 1.67 bits per heavy atom. The number of nitrogens with zero attached hydrogens (tertiary/aromatic N) is 2. The van der Waals surface area contributed by atoms with Gasteiger partial charge in [0.1, 0.15) is 11.5 Å². The van der Waals surface area contributed by atoms with Crippen LogP contribution in [0.2, 0.25) is 0 Å². The van der Waals surface area contributed by atoms with Crippen molar-refractivity contribution in [3.05, 3.63) is 54.1 Å². The van der Waals surface area contributed by atoms with E-state index in [0.717, 1.165) is 5.56 Å². The van der Waals surface area contributed by atoms with Crippen LogP contribution in [0.4, 0.5) is 0 Å². The first-order valence-corrected chi connectivity index (χ1v) is 11.5. The van der Waals surface area contributed by atoms with Crippen molar-refractivity contribution in [2.45, 2.75) is 31.3 Å². The number of piperazine rings is 1. The second-order valence-electron chi connectivity index (χ2n) is 7.24. The van der Waals surface area contributed by atoms with E-state index in [1.165, 1.54) is 4.31 Å². The van der Waals surface area contributed by atoms with E-state index in [1.807, 2.05) is 19.9 Å². The van der Waals surface area contributed by atoms with E-state index in [1.54, 1.807) is 54.5 Å². The third-order valence-corrected chi connectivity index (χ3v) is 7.09. The molecule has 7 nitrogen and oxygen atoms in total. The Balaban J connectivity index is 1.62. The fourth-order valence-corrected chi connectivity index (χ4v) is 4.78. The summed E-state index contributed by atoms with van der Waals surface area (Å²) in [5.41, 5.74) is 1.01. The number of aryl methyl sites for hydroxylation is 1. The fraction of sp³-hybridized carbons (Fsp3) is 0.409. The number of carbonyl (C=O) groups is 1. The minimum atomic E-state index is -3.56. The normalized spacial score (nSPS) is 16.2. The fourth-order valence-electron chi connectivity index (χ4n) is 3.36. The van der Waals surface area contributed by atoms with E-state index in [-0.39, 0.29) is 23.9 Å². The standard InChI is InChI=1S/C22H28N2O5S/c1-4-21(29-19-7-5-6-18(16-19)28-3)22(25)23-12-14-24(15-13-23)30(26,27)20-10-8-17(2)9-11-20/h5-11,16,21H,4,12-15H2,1-3H3/t21-/m0/s1. The lowest BCUT2D eigenvalue weighted by atomic mass is 10.2. The molecule has 1 heterocycles. The number of amides is 1. The van der Waals surface area contributed by atoms with Crippen molar-refractivity contribution in [1.29, 1.82) is 0 Å². The molecule has 1 atom stereocenters. The summed E-state index contributed by atoms with van der Waals surface area (Å²) in [4.78, 5) is 14.9. The molecule has 0 radical (unpaired) electrons. The number of methoxy groups -OCH3 is 1. The maximum atomic E-state index is 13.0. The summed E-state index contributed by atoms with van der Waals surface area (Å²) in [6.45, 7) is 5.00. The van der Waals surface area contributed by atoms with Gasteiger partial charge in [-0.05, 0) is 37.6 Å². The molecule has 0 spiro atoms. The molecule has 2 aromatic carbocycles. The molecule has 162 valence electrons. The summed E-state index contributed by atoms with van der Waals surface area (Å²) >= 11 is 0. The minimum Gasteiger partial charge on any atom is -0.497 e. The Hall–Kier alpha value is -2.58. The molecule has 0 bridgehead atoms. The van der Waals surface area contributed by atoms with Gasteiger partial charge >= 0.3 is 0 Å². The largest absolute Gasteiger partial charge is 0.497 e. The number of rotatable bonds is 7. The summed E-state index contributed by atoms with van der Waals surface area (Å²) in [5.74, 6) is 1.09. The molecule has 0 N–H and O–H groups in total. The molecular formula is C22H28N2O5S. The molecule has 0 saturated carbocycles. The molecule has 3 rings (SSSR count). The van der Waals surface area contributed by atoms with Crippen molar-refractivity contribution in [1.82, 2.24) is 9.21 Å². The molecule has 1 fully saturated rings. The monoisotopic (exact) mass is 432 g/mol. The van der Waals surface area contributed by atoms with Crippen molar-refractivity contribution in [2.24, 2.45) is 0 Å². The topological polar surface area (TPSA) is 76.2 Å². The van der Waals surface area contributed by atoms with E-state index in [0.29, 0.717) is 31.0 Å². The average Bonchev–Trinajstić information content (AvgIpc) is 2.77. The van der Waals surface area contributed by atoms with Gasteiger partial charge in [-0.25, -0.2) is 8.42 Å². The molecule has 8 heteroatoms. The molecule has 30 heavy (non-hydrogen) atoms. The first-order valence-electron chi connectivity index (χ1n) is 10.0. The minimum absolute atomic E-state index is 0.132.